The van der Waals surface area contributed by atoms with Crippen molar-refractivity contribution in [1.82, 2.24) is 0 Å². The zero-order valence-electron chi connectivity index (χ0n) is 9.58. The van der Waals surface area contributed by atoms with Crippen LogP contribution in [0.2, 0.25) is 0 Å². The van der Waals surface area contributed by atoms with Crippen LogP contribution in [0.15, 0.2) is 32.5 Å². The van der Waals surface area contributed by atoms with E-state index in [-0.39, 0.29) is 5.82 Å². The number of nitrogen functional groups attached to an aromatic ring is 1. The van der Waals surface area contributed by atoms with Crippen LogP contribution >= 0.6 is 43.2 Å². The molecule has 0 aliphatic carbocycles. The Morgan fingerprint density at radius 3 is 2.67 bits per heavy atom. The van der Waals surface area contributed by atoms with E-state index < -0.39 is 0 Å². The molecule has 0 spiro atoms. The highest BCUT2D eigenvalue weighted by Crippen LogP contribution is 2.30. The first-order valence-electron chi connectivity index (χ1n) is 5.16. The summed E-state index contributed by atoms with van der Waals surface area (Å²) in [5, 5.41) is 2.02. The molecule has 2 aromatic rings. The fourth-order valence-electron chi connectivity index (χ4n) is 1.64. The minimum absolute atomic E-state index is 0.307. The predicted octanol–water partition coefficient (Wildman–Crippen LogP) is 4.63. The van der Waals surface area contributed by atoms with Crippen LogP contribution in [0, 0.1) is 5.82 Å². The van der Waals surface area contributed by atoms with Gasteiger partial charge in [-0.2, -0.15) is 0 Å². The van der Waals surface area contributed by atoms with E-state index in [4.69, 9.17) is 5.73 Å². The van der Waals surface area contributed by atoms with Gasteiger partial charge in [0.05, 0.1) is 22.4 Å². The maximum Gasteiger partial charge on any atom is 0.139 e. The third-order valence-electron chi connectivity index (χ3n) is 2.50. The fourth-order valence-corrected chi connectivity index (χ4v) is 3.50. The van der Waals surface area contributed by atoms with Crippen molar-refractivity contribution in [1.29, 1.82) is 0 Å². The van der Waals surface area contributed by atoms with Gasteiger partial charge in [-0.3, -0.25) is 0 Å². The van der Waals surface area contributed by atoms with Gasteiger partial charge < -0.3 is 10.6 Å². The Morgan fingerprint density at radius 1 is 1.33 bits per heavy atom. The molecule has 0 radical (unpaired) electrons. The molecule has 2 N–H and O–H groups in total. The topological polar surface area (TPSA) is 29.3 Å². The molecule has 0 bridgehead atoms. The summed E-state index contributed by atoms with van der Waals surface area (Å²) in [5.41, 5.74) is 7.16. The van der Waals surface area contributed by atoms with Crippen LogP contribution in [0.3, 0.4) is 0 Å². The summed E-state index contributed by atoms with van der Waals surface area (Å²) < 4.78 is 15.0. The lowest BCUT2D eigenvalue weighted by atomic mass is 10.2. The van der Waals surface area contributed by atoms with Crippen LogP contribution in [0.5, 0.6) is 0 Å². The number of halogens is 3. The summed E-state index contributed by atoms with van der Waals surface area (Å²) >= 11 is 8.19. The van der Waals surface area contributed by atoms with E-state index in [1.165, 1.54) is 10.9 Å². The molecule has 6 heteroatoms. The van der Waals surface area contributed by atoms with E-state index in [0.29, 0.717) is 22.4 Å². The van der Waals surface area contributed by atoms with Gasteiger partial charge in [-0.25, -0.2) is 4.39 Å². The molecule has 0 unspecified atom stereocenters. The van der Waals surface area contributed by atoms with Gasteiger partial charge >= 0.3 is 0 Å². The number of hydrogen-bond donors (Lipinski definition) is 1. The van der Waals surface area contributed by atoms with Gasteiger partial charge in [-0.15, -0.1) is 11.3 Å². The summed E-state index contributed by atoms with van der Waals surface area (Å²) in [4.78, 5) is 3.12. The molecule has 0 saturated carbocycles. The standard InChI is InChI=1S/C12H11Br2FN2S/c1-17(5-8-2-7(13)6-18-8)12-4-10(15)9(14)3-11(12)16/h2-4,6H,5,16H2,1H3. The molecule has 0 aliphatic rings. The molecule has 96 valence electrons. The van der Waals surface area contributed by atoms with Crippen LogP contribution in [0.4, 0.5) is 15.8 Å². The molecule has 0 aliphatic heterocycles. The van der Waals surface area contributed by atoms with Crippen LogP contribution in [-0.4, -0.2) is 7.05 Å². The lowest BCUT2D eigenvalue weighted by molar-refractivity contribution is 0.621. The molecular formula is C12H11Br2FN2S. The fraction of sp³-hybridized carbons (Fsp3) is 0.167. The largest absolute Gasteiger partial charge is 0.397 e. The molecule has 2 rings (SSSR count). The van der Waals surface area contributed by atoms with E-state index >= 15 is 0 Å². The van der Waals surface area contributed by atoms with Gasteiger partial charge in [-0.1, -0.05) is 0 Å². The lowest BCUT2D eigenvalue weighted by Crippen LogP contribution is -2.17. The second kappa shape index (κ2) is 5.59. The van der Waals surface area contributed by atoms with Crippen LogP contribution in [-0.2, 0) is 6.54 Å². The van der Waals surface area contributed by atoms with Crippen LogP contribution in [0.25, 0.3) is 0 Å². The molecule has 1 aromatic carbocycles. The maximum atomic E-state index is 13.5. The molecule has 18 heavy (non-hydrogen) atoms. The zero-order valence-corrected chi connectivity index (χ0v) is 13.6. The monoisotopic (exact) mass is 392 g/mol. The number of nitrogens with two attached hydrogens (primary N) is 1. The highest BCUT2D eigenvalue weighted by Gasteiger charge is 2.11. The van der Waals surface area contributed by atoms with Crippen molar-refractivity contribution < 1.29 is 4.39 Å². The van der Waals surface area contributed by atoms with Crippen molar-refractivity contribution in [3.05, 3.63) is 43.2 Å². The molecule has 1 heterocycles. The quantitative estimate of drug-likeness (QED) is 0.770. The Labute approximate surface area is 126 Å². The van der Waals surface area contributed by atoms with Crippen molar-refractivity contribution in [2.24, 2.45) is 0 Å². The van der Waals surface area contributed by atoms with Gasteiger partial charge in [0.25, 0.3) is 0 Å². The van der Waals surface area contributed by atoms with Crippen LogP contribution in [0.1, 0.15) is 4.88 Å². The highest BCUT2D eigenvalue weighted by molar-refractivity contribution is 9.10. The summed E-state index contributed by atoms with van der Waals surface area (Å²) in [5.74, 6) is -0.307. The number of nitrogens with zero attached hydrogens (tertiary/aromatic N) is 1. The van der Waals surface area contributed by atoms with E-state index in [2.05, 4.69) is 31.9 Å². The van der Waals surface area contributed by atoms with Gasteiger partial charge in [0.2, 0.25) is 0 Å². The number of benzene rings is 1. The molecular weight excluding hydrogens is 383 g/mol. The average molecular weight is 394 g/mol. The Bertz CT molecular complexity index is 571. The maximum absolute atomic E-state index is 13.5. The Hall–Kier alpha value is -0.590. The van der Waals surface area contributed by atoms with Crippen molar-refractivity contribution in [3.8, 4) is 0 Å². The van der Waals surface area contributed by atoms with E-state index in [9.17, 15) is 4.39 Å². The normalized spacial score (nSPS) is 10.7. The number of anilines is 2. The second-order valence-corrected chi connectivity index (χ2v) is 6.68. The summed E-state index contributed by atoms with van der Waals surface area (Å²) in [7, 11) is 1.90. The number of rotatable bonds is 3. The van der Waals surface area contributed by atoms with E-state index in [1.54, 1.807) is 17.4 Å². The predicted molar refractivity (Wildman–Crippen MR) is 82.6 cm³/mol. The Kier molecular flexibility index (Phi) is 4.29. The first-order chi connectivity index (χ1) is 8.47. The van der Waals surface area contributed by atoms with Crippen molar-refractivity contribution in [3.63, 3.8) is 0 Å². The number of hydrogen-bond acceptors (Lipinski definition) is 3. The highest BCUT2D eigenvalue weighted by atomic mass is 79.9. The number of thiophene rings is 1. The SMILES string of the molecule is CN(Cc1cc(Br)cs1)c1cc(F)c(Br)cc1N. The summed E-state index contributed by atoms with van der Waals surface area (Å²) in [6, 6.07) is 5.08. The Balaban J connectivity index is 2.23. The third-order valence-corrected chi connectivity index (χ3v) is 4.79. The zero-order chi connectivity index (χ0) is 13.3. The minimum atomic E-state index is -0.307. The average Bonchev–Trinajstić information content (AvgIpc) is 2.69. The van der Waals surface area contributed by atoms with Crippen molar-refractivity contribution in [2.75, 3.05) is 17.7 Å². The first kappa shape index (κ1) is 13.8. The molecule has 1 aromatic heterocycles. The molecule has 0 fully saturated rings. The lowest BCUT2D eigenvalue weighted by Gasteiger charge is -2.20. The van der Waals surface area contributed by atoms with Crippen LogP contribution < -0.4 is 10.6 Å². The van der Waals surface area contributed by atoms with E-state index in [0.717, 1.165) is 4.47 Å². The molecule has 0 atom stereocenters. The van der Waals surface area contributed by atoms with E-state index in [1.807, 2.05) is 23.4 Å². The minimum Gasteiger partial charge on any atom is -0.397 e. The van der Waals surface area contributed by atoms with Gasteiger partial charge in [-0.05, 0) is 44.0 Å². The third kappa shape index (κ3) is 3.05. The van der Waals surface area contributed by atoms with Crippen molar-refractivity contribution >= 4 is 54.6 Å². The second-order valence-electron chi connectivity index (χ2n) is 3.91. The first-order valence-corrected chi connectivity index (χ1v) is 7.62. The molecule has 2 nitrogen and oxygen atoms in total. The molecule has 0 amide bonds. The molecule has 0 saturated heterocycles. The Morgan fingerprint density at radius 2 is 2.06 bits per heavy atom. The summed E-state index contributed by atoms with van der Waals surface area (Å²) in [6.07, 6.45) is 0. The van der Waals surface area contributed by atoms with Gasteiger partial charge in [0, 0.05) is 27.8 Å². The smallest absolute Gasteiger partial charge is 0.139 e. The summed E-state index contributed by atoms with van der Waals surface area (Å²) in [6.45, 7) is 0.696. The van der Waals surface area contributed by atoms with Gasteiger partial charge in [0.1, 0.15) is 5.82 Å². The van der Waals surface area contributed by atoms with Gasteiger partial charge in [0.15, 0.2) is 0 Å². The van der Waals surface area contributed by atoms with Crippen molar-refractivity contribution in [2.45, 2.75) is 6.54 Å².